The molecule has 0 heterocycles. The molecule has 0 radical (unpaired) electrons. The van der Waals surface area contributed by atoms with Crippen molar-refractivity contribution in [3.05, 3.63) is 69.2 Å². The van der Waals surface area contributed by atoms with Gasteiger partial charge in [-0.05, 0) is 48.4 Å². The number of hydrogen-bond donors (Lipinski definition) is 1. The van der Waals surface area contributed by atoms with Gasteiger partial charge in [-0.15, -0.1) is 0 Å². The summed E-state index contributed by atoms with van der Waals surface area (Å²) in [5, 5.41) is 15.1. The Hall–Kier alpha value is -2.93. The zero-order chi connectivity index (χ0) is 18.9. The number of benzene rings is 2. The minimum atomic E-state index is -0.685. The van der Waals surface area contributed by atoms with Crippen LogP contribution in [0, 0.1) is 10.1 Å². The predicted octanol–water partition coefficient (Wildman–Crippen LogP) is 3.95. The molecule has 1 unspecified atom stereocenters. The molecule has 1 atom stereocenters. The second-order valence-corrected chi connectivity index (χ2v) is 5.87. The van der Waals surface area contributed by atoms with E-state index in [1.54, 1.807) is 36.4 Å². The molecule has 0 bridgehead atoms. The van der Waals surface area contributed by atoms with Crippen molar-refractivity contribution in [3.8, 4) is 5.75 Å². The zero-order valence-electron chi connectivity index (χ0n) is 14.1. The summed E-state index contributed by atoms with van der Waals surface area (Å²) in [6.07, 6.45) is 2.02. The van der Waals surface area contributed by atoms with Crippen molar-refractivity contribution < 1.29 is 14.5 Å². The maximum atomic E-state index is 12.3. The average Bonchev–Trinajstić information content (AvgIpc) is 2.63. The molecule has 0 spiro atoms. The number of nitro groups is 1. The van der Waals surface area contributed by atoms with Gasteiger partial charge in [0, 0.05) is 17.2 Å². The maximum absolute atomic E-state index is 12.3. The molecule has 2 rings (SSSR count). The van der Waals surface area contributed by atoms with Gasteiger partial charge in [0.05, 0.1) is 11.1 Å². The quantitative estimate of drug-likeness (QED) is 0.429. The number of nitrogens with zero attached hydrogens (tertiary/aromatic N) is 2. The van der Waals surface area contributed by atoms with E-state index in [0.717, 1.165) is 6.42 Å². The number of halogens is 1. The van der Waals surface area contributed by atoms with Crippen LogP contribution in [0.1, 0.15) is 25.3 Å². The lowest BCUT2D eigenvalue weighted by Gasteiger charge is -2.16. The van der Waals surface area contributed by atoms with E-state index in [9.17, 15) is 14.9 Å². The number of hydrazone groups is 1. The first kappa shape index (κ1) is 19.4. The Morgan fingerprint density at radius 3 is 2.50 bits per heavy atom. The number of amides is 1. The highest BCUT2D eigenvalue weighted by Crippen LogP contribution is 2.18. The van der Waals surface area contributed by atoms with E-state index in [0.29, 0.717) is 22.8 Å². The number of carbonyl (C=O) groups is 1. The second kappa shape index (κ2) is 9.53. The van der Waals surface area contributed by atoms with Gasteiger partial charge in [0.15, 0.2) is 6.10 Å². The molecule has 0 saturated heterocycles. The third kappa shape index (κ3) is 5.86. The van der Waals surface area contributed by atoms with Gasteiger partial charge in [-0.1, -0.05) is 24.9 Å². The van der Waals surface area contributed by atoms with Crippen LogP contribution < -0.4 is 10.2 Å². The molecule has 1 amide bonds. The number of nitrogens with one attached hydrogen (secondary N) is 1. The largest absolute Gasteiger partial charge is 0.481 e. The van der Waals surface area contributed by atoms with Crippen molar-refractivity contribution in [2.45, 2.75) is 25.9 Å². The first-order valence-corrected chi connectivity index (χ1v) is 8.37. The minimum absolute atomic E-state index is 0.00874. The lowest BCUT2D eigenvalue weighted by molar-refractivity contribution is -0.384. The standard InChI is InChI=1S/C18H18ClN3O4/c1-2-3-17(26-16-10-6-14(19)7-11-16)18(23)21-20-12-13-4-8-15(9-5-13)22(24)25/h4-12,17H,2-3H2,1H3,(H,21,23). The van der Waals surface area contributed by atoms with Crippen molar-refractivity contribution >= 4 is 29.4 Å². The van der Waals surface area contributed by atoms with Crippen LogP contribution in [0.4, 0.5) is 5.69 Å². The Morgan fingerprint density at radius 1 is 1.27 bits per heavy atom. The summed E-state index contributed by atoms with van der Waals surface area (Å²) in [6.45, 7) is 1.95. The van der Waals surface area contributed by atoms with Crippen LogP contribution in [0.5, 0.6) is 5.75 Å². The molecular weight excluding hydrogens is 358 g/mol. The van der Waals surface area contributed by atoms with E-state index >= 15 is 0 Å². The number of hydrogen-bond acceptors (Lipinski definition) is 5. The van der Waals surface area contributed by atoms with Crippen LogP contribution in [0.3, 0.4) is 0 Å². The molecule has 8 heteroatoms. The van der Waals surface area contributed by atoms with Gasteiger partial charge in [-0.25, -0.2) is 5.43 Å². The fraction of sp³-hybridized carbons (Fsp3) is 0.222. The third-order valence-corrected chi connectivity index (χ3v) is 3.68. The Bertz CT molecular complexity index is 776. The molecule has 26 heavy (non-hydrogen) atoms. The second-order valence-electron chi connectivity index (χ2n) is 5.43. The smallest absolute Gasteiger partial charge is 0.281 e. The highest BCUT2D eigenvalue weighted by atomic mass is 35.5. The van der Waals surface area contributed by atoms with Crippen LogP contribution in [0.2, 0.25) is 5.02 Å². The van der Waals surface area contributed by atoms with Crippen molar-refractivity contribution in [2.24, 2.45) is 5.10 Å². The van der Waals surface area contributed by atoms with Crippen LogP contribution in [0.15, 0.2) is 53.6 Å². The monoisotopic (exact) mass is 375 g/mol. The van der Waals surface area contributed by atoms with E-state index < -0.39 is 11.0 Å². The molecule has 2 aromatic carbocycles. The number of ether oxygens (including phenoxy) is 1. The van der Waals surface area contributed by atoms with Gasteiger partial charge in [-0.2, -0.15) is 5.10 Å². The van der Waals surface area contributed by atoms with E-state index in [2.05, 4.69) is 10.5 Å². The molecule has 7 nitrogen and oxygen atoms in total. The van der Waals surface area contributed by atoms with Gasteiger partial charge in [0.2, 0.25) is 0 Å². The SMILES string of the molecule is CCCC(Oc1ccc(Cl)cc1)C(=O)NN=Cc1ccc([N+](=O)[O-])cc1. The molecule has 0 aromatic heterocycles. The Labute approximate surface area is 155 Å². The summed E-state index contributed by atoms with van der Waals surface area (Å²) in [5.41, 5.74) is 3.05. The van der Waals surface area contributed by atoms with Crippen molar-refractivity contribution in [1.82, 2.24) is 5.43 Å². The van der Waals surface area contributed by atoms with E-state index in [4.69, 9.17) is 16.3 Å². The summed E-state index contributed by atoms with van der Waals surface area (Å²) in [4.78, 5) is 22.4. The molecular formula is C18H18ClN3O4. The van der Waals surface area contributed by atoms with Gasteiger partial charge >= 0.3 is 0 Å². The maximum Gasteiger partial charge on any atom is 0.281 e. The van der Waals surface area contributed by atoms with Crippen LogP contribution in [0.25, 0.3) is 0 Å². The Balaban J connectivity index is 1.95. The van der Waals surface area contributed by atoms with Crippen molar-refractivity contribution in [2.75, 3.05) is 0 Å². The highest BCUT2D eigenvalue weighted by molar-refractivity contribution is 6.30. The summed E-state index contributed by atoms with van der Waals surface area (Å²) >= 11 is 5.83. The molecule has 136 valence electrons. The summed E-state index contributed by atoms with van der Waals surface area (Å²) in [5.74, 6) is 0.169. The molecule has 2 aromatic rings. The number of carbonyl (C=O) groups excluding carboxylic acids is 1. The van der Waals surface area contributed by atoms with E-state index in [1.807, 2.05) is 6.92 Å². The first-order chi connectivity index (χ1) is 12.5. The van der Waals surface area contributed by atoms with Crippen molar-refractivity contribution in [3.63, 3.8) is 0 Å². The highest BCUT2D eigenvalue weighted by Gasteiger charge is 2.19. The molecule has 0 saturated carbocycles. The summed E-state index contributed by atoms with van der Waals surface area (Å²) < 4.78 is 5.70. The normalized spacial score (nSPS) is 11.9. The topological polar surface area (TPSA) is 93.8 Å². The molecule has 0 aliphatic carbocycles. The van der Waals surface area contributed by atoms with Gasteiger partial charge in [-0.3, -0.25) is 14.9 Å². The van der Waals surface area contributed by atoms with Crippen LogP contribution >= 0.6 is 11.6 Å². The lowest BCUT2D eigenvalue weighted by atomic mass is 10.2. The molecule has 0 aliphatic heterocycles. The average molecular weight is 376 g/mol. The molecule has 0 fully saturated rings. The summed E-state index contributed by atoms with van der Waals surface area (Å²) in [7, 11) is 0. The number of nitro benzene ring substituents is 1. The Morgan fingerprint density at radius 2 is 1.92 bits per heavy atom. The summed E-state index contributed by atoms with van der Waals surface area (Å²) in [6, 6.07) is 12.6. The zero-order valence-corrected chi connectivity index (χ0v) is 14.8. The minimum Gasteiger partial charge on any atom is -0.481 e. The van der Waals surface area contributed by atoms with Gasteiger partial charge in [0.1, 0.15) is 5.75 Å². The van der Waals surface area contributed by atoms with Gasteiger partial charge in [0.25, 0.3) is 11.6 Å². The fourth-order valence-corrected chi connectivity index (χ4v) is 2.23. The first-order valence-electron chi connectivity index (χ1n) is 7.99. The van der Waals surface area contributed by atoms with Crippen molar-refractivity contribution in [1.29, 1.82) is 0 Å². The van der Waals surface area contributed by atoms with E-state index in [1.165, 1.54) is 18.3 Å². The van der Waals surface area contributed by atoms with Crippen LogP contribution in [-0.4, -0.2) is 23.1 Å². The fourth-order valence-electron chi connectivity index (χ4n) is 2.11. The molecule has 0 aliphatic rings. The van der Waals surface area contributed by atoms with Gasteiger partial charge < -0.3 is 4.74 Å². The van der Waals surface area contributed by atoms with E-state index in [-0.39, 0.29) is 11.6 Å². The Kier molecular flexibility index (Phi) is 7.11. The predicted molar refractivity (Wildman–Crippen MR) is 99.6 cm³/mol. The third-order valence-electron chi connectivity index (χ3n) is 3.43. The lowest BCUT2D eigenvalue weighted by Crippen LogP contribution is -2.35. The molecule has 1 N–H and O–H groups in total. The van der Waals surface area contributed by atoms with Crippen LogP contribution in [-0.2, 0) is 4.79 Å². The number of rotatable bonds is 8. The number of non-ortho nitro benzene ring substituents is 1.